The predicted octanol–water partition coefficient (Wildman–Crippen LogP) is 5.64. The van der Waals surface area contributed by atoms with Crippen LogP contribution in [0.3, 0.4) is 0 Å². The zero-order valence-corrected chi connectivity index (χ0v) is 13.9. The van der Waals surface area contributed by atoms with Crippen molar-refractivity contribution in [3.63, 3.8) is 0 Å². The molecule has 0 amide bonds. The van der Waals surface area contributed by atoms with E-state index < -0.39 is 0 Å². The molecule has 3 heteroatoms. The predicted molar refractivity (Wildman–Crippen MR) is 97.8 cm³/mol. The molecule has 0 aliphatic carbocycles. The van der Waals surface area contributed by atoms with Crippen LogP contribution >= 0.6 is 11.7 Å². The lowest BCUT2D eigenvalue weighted by Crippen LogP contribution is -1.95. The highest BCUT2D eigenvalue weighted by atomic mass is 32.1. The number of benzene rings is 3. The van der Waals surface area contributed by atoms with Crippen molar-refractivity contribution in [2.45, 2.75) is 13.8 Å². The second-order valence-electron chi connectivity index (χ2n) is 5.69. The number of hydrogen-bond acceptors (Lipinski definition) is 3. The van der Waals surface area contributed by atoms with Gasteiger partial charge in [-0.05, 0) is 36.1 Å². The largest absolute Gasteiger partial charge is 0.172 e. The Morgan fingerprint density at radius 3 is 1.39 bits per heavy atom. The summed E-state index contributed by atoms with van der Waals surface area (Å²) in [4.78, 5) is 0. The van der Waals surface area contributed by atoms with Crippen LogP contribution in [0.15, 0.2) is 60.7 Å². The fourth-order valence-corrected chi connectivity index (χ4v) is 3.72. The summed E-state index contributed by atoms with van der Waals surface area (Å²) in [6, 6.07) is 20.9. The monoisotopic (exact) mass is 316 g/mol. The third-order valence-electron chi connectivity index (χ3n) is 4.40. The molecule has 0 radical (unpaired) electrons. The van der Waals surface area contributed by atoms with E-state index in [9.17, 15) is 0 Å². The van der Waals surface area contributed by atoms with E-state index >= 15 is 0 Å². The summed E-state index contributed by atoms with van der Waals surface area (Å²) in [5, 5.41) is 0. The van der Waals surface area contributed by atoms with Gasteiger partial charge in [0.15, 0.2) is 0 Å². The van der Waals surface area contributed by atoms with Crippen molar-refractivity contribution in [2.24, 2.45) is 0 Å². The van der Waals surface area contributed by atoms with Gasteiger partial charge < -0.3 is 0 Å². The van der Waals surface area contributed by atoms with E-state index in [-0.39, 0.29) is 0 Å². The van der Waals surface area contributed by atoms with Gasteiger partial charge in [-0.25, -0.2) is 0 Å². The van der Waals surface area contributed by atoms with Crippen molar-refractivity contribution in [3.05, 3.63) is 71.8 Å². The third-order valence-corrected chi connectivity index (χ3v) is 4.93. The minimum absolute atomic E-state index is 1.00. The van der Waals surface area contributed by atoms with Gasteiger partial charge in [0, 0.05) is 11.1 Å². The summed E-state index contributed by atoms with van der Waals surface area (Å²) >= 11 is 1.29. The summed E-state index contributed by atoms with van der Waals surface area (Å²) in [6.07, 6.45) is 0. The van der Waals surface area contributed by atoms with Crippen LogP contribution in [0.2, 0.25) is 0 Å². The molecule has 0 atom stereocenters. The molecule has 1 aromatic heterocycles. The molecule has 0 saturated heterocycles. The van der Waals surface area contributed by atoms with E-state index in [4.69, 9.17) is 0 Å². The maximum atomic E-state index is 4.61. The summed E-state index contributed by atoms with van der Waals surface area (Å²) in [6.45, 7) is 4.37. The highest BCUT2D eigenvalue weighted by Gasteiger charge is 2.19. The summed E-state index contributed by atoms with van der Waals surface area (Å²) in [7, 11) is 0. The van der Waals surface area contributed by atoms with Gasteiger partial charge >= 0.3 is 0 Å². The van der Waals surface area contributed by atoms with Crippen LogP contribution in [-0.2, 0) is 0 Å². The first-order chi connectivity index (χ1) is 11.3. The Bertz CT molecular complexity index is 893. The molecule has 4 rings (SSSR count). The van der Waals surface area contributed by atoms with Gasteiger partial charge in [0.05, 0.1) is 11.7 Å². The van der Waals surface area contributed by atoms with Gasteiger partial charge in [0.1, 0.15) is 11.0 Å². The Kier molecular flexibility index (Phi) is 3.43. The Balaban J connectivity index is 2.10. The molecule has 0 N–H and O–H groups in total. The van der Waals surface area contributed by atoms with Crippen LogP contribution in [0, 0.1) is 13.8 Å². The van der Waals surface area contributed by atoms with Crippen molar-refractivity contribution < 1.29 is 0 Å². The van der Waals surface area contributed by atoms with E-state index in [1.807, 2.05) is 12.1 Å². The van der Waals surface area contributed by atoms with Crippen LogP contribution < -0.4 is 0 Å². The Hall–Kier alpha value is -2.52. The van der Waals surface area contributed by atoms with Crippen LogP contribution in [0.5, 0.6) is 0 Å². The molecule has 2 nitrogen and oxygen atoms in total. The normalized spacial score (nSPS) is 11.0. The molecule has 0 unspecified atom stereocenters. The van der Waals surface area contributed by atoms with Crippen LogP contribution in [0.4, 0.5) is 0 Å². The summed E-state index contributed by atoms with van der Waals surface area (Å²) in [5.74, 6) is 0. The zero-order chi connectivity index (χ0) is 15.8. The maximum absolute atomic E-state index is 4.61. The van der Waals surface area contributed by atoms with Crippen molar-refractivity contribution in [3.8, 4) is 22.3 Å². The van der Waals surface area contributed by atoms with Gasteiger partial charge in [-0.3, -0.25) is 0 Å². The Morgan fingerprint density at radius 2 is 1.00 bits per heavy atom. The topological polar surface area (TPSA) is 25.8 Å². The van der Waals surface area contributed by atoms with E-state index in [0.717, 1.165) is 11.0 Å². The number of fused-ring (bicyclic) bond motifs is 1. The van der Waals surface area contributed by atoms with Crippen LogP contribution in [-0.4, -0.2) is 8.75 Å². The number of hydrogen-bond donors (Lipinski definition) is 0. The molecule has 4 aromatic rings. The van der Waals surface area contributed by atoms with Gasteiger partial charge in [-0.1, -0.05) is 60.7 Å². The smallest absolute Gasteiger partial charge is 0.113 e. The van der Waals surface area contributed by atoms with E-state index in [1.165, 1.54) is 45.1 Å². The molecule has 112 valence electrons. The second kappa shape index (κ2) is 5.60. The van der Waals surface area contributed by atoms with Gasteiger partial charge in [-0.2, -0.15) is 8.75 Å². The molecule has 0 aliphatic rings. The second-order valence-corrected chi connectivity index (χ2v) is 6.22. The fraction of sp³-hybridized carbons (Fsp3) is 0.100. The average molecular weight is 316 g/mol. The molecule has 0 aliphatic heterocycles. The molecule has 0 bridgehead atoms. The molecule has 0 spiro atoms. The van der Waals surface area contributed by atoms with Gasteiger partial charge in [0.25, 0.3) is 0 Å². The summed E-state index contributed by atoms with van der Waals surface area (Å²) < 4.78 is 9.23. The lowest BCUT2D eigenvalue weighted by atomic mass is 9.89. The Labute approximate surface area is 139 Å². The number of nitrogens with zero attached hydrogens (tertiary/aromatic N) is 2. The fourth-order valence-electron chi connectivity index (χ4n) is 3.16. The molecule has 23 heavy (non-hydrogen) atoms. The highest BCUT2D eigenvalue weighted by molar-refractivity contribution is 7.00. The van der Waals surface area contributed by atoms with E-state index in [1.54, 1.807) is 0 Å². The van der Waals surface area contributed by atoms with Crippen molar-refractivity contribution in [1.82, 2.24) is 8.75 Å². The van der Waals surface area contributed by atoms with E-state index in [2.05, 4.69) is 71.1 Å². The van der Waals surface area contributed by atoms with Crippen molar-refractivity contribution in [1.29, 1.82) is 0 Å². The van der Waals surface area contributed by atoms with Crippen LogP contribution in [0.1, 0.15) is 11.1 Å². The highest BCUT2D eigenvalue weighted by Crippen LogP contribution is 2.40. The first-order valence-electron chi connectivity index (χ1n) is 7.63. The molecular formula is C20H16N2S. The zero-order valence-electron chi connectivity index (χ0n) is 13.1. The molecule has 0 saturated carbocycles. The lowest BCUT2D eigenvalue weighted by Gasteiger charge is -2.15. The van der Waals surface area contributed by atoms with Gasteiger partial charge in [-0.15, -0.1) is 0 Å². The lowest BCUT2D eigenvalue weighted by molar-refractivity contribution is 1.35. The van der Waals surface area contributed by atoms with Crippen molar-refractivity contribution >= 4 is 22.8 Å². The average Bonchev–Trinajstić information content (AvgIpc) is 3.06. The van der Waals surface area contributed by atoms with E-state index in [0.29, 0.717) is 0 Å². The first-order valence-corrected chi connectivity index (χ1v) is 8.36. The standard InChI is InChI=1S/C20H16N2S/c1-13-14(2)18(16-11-7-4-8-12-16)20-19(21-23-22-20)17(13)15-9-5-3-6-10-15/h3-12H,1-2H3. The third kappa shape index (κ3) is 2.25. The first kappa shape index (κ1) is 14.1. The quantitative estimate of drug-likeness (QED) is 0.478. The minimum atomic E-state index is 1.00. The Morgan fingerprint density at radius 1 is 0.609 bits per heavy atom. The summed E-state index contributed by atoms with van der Waals surface area (Å²) in [5.41, 5.74) is 9.35. The van der Waals surface area contributed by atoms with Crippen LogP contribution in [0.25, 0.3) is 33.3 Å². The van der Waals surface area contributed by atoms with Crippen molar-refractivity contribution in [2.75, 3.05) is 0 Å². The molecule has 1 heterocycles. The molecule has 0 fully saturated rings. The number of aromatic nitrogens is 2. The molecule has 3 aromatic carbocycles. The number of rotatable bonds is 2. The maximum Gasteiger partial charge on any atom is 0.113 e. The SMILES string of the molecule is Cc1c(C)c(-c2ccccc2)c2nsnc2c1-c1ccccc1. The minimum Gasteiger partial charge on any atom is -0.172 e. The van der Waals surface area contributed by atoms with Gasteiger partial charge in [0.2, 0.25) is 0 Å². The molecular weight excluding hydrogens is 300 g/mol.